The van der Waals surface area contributed by atoms with E-state index in [2.05, 4.69) is 10.1 Å². The predicted octanol–water partition coefficient (Wildman–Crippen LogP) is 2.42. The van der Waals surface area contributed by atoms with Crippen LogP contribution in [-0.4, -0.2) is 56.2 Å². The topological polar surface area (TPSA) is 75.7 Å². The molecule has 146 valence electrons. The minimum absolute atomic E-state index is 0.0226. The van der Waals surface area contributed by atoms with Crippen molar-refractivity contribution in [1.82, 2.24) is 4.90 Å². The van der Waals surface area contributed by atoms with E-state index in [4.69, 9.17) is 0 Å². The molecule has 1 heterocycles. The van der Waals surface area contributed by atoms with Gasteiger partial charge in [0.15, 0.2) is 9.84 Å². The van der Waals surface area contributed by atoms with Crippen molar-refractivity contribution in [1.29, 1.82) is 0 Å². The SMILES string of the molecule is CCCN(CC(=O)Nc1ccc(OC(F)(F)F)cc1)C1CCS(=O)(=O)C1. The van der Waals surface area contributed by atoms with Gasteiger partial charge in [-0.2, -0.15) is 0 Å². The highest BCUT2D eigenvalue weighted by atomic mass is 32.2. The number of sulfone groups is 1. The summed E-state index contributed by atoms with van der Waals surface area (Å²) in [5.74, 6) is -0.560. The van der Waals surface area contributed by atoms with Gasteiger partial charge in [-0.1, -0.05) is 6.92 Å². The Morgan fingerprint density at radius 1 is 1.31 bits per heavy atom. The Morgan fingerprint density at radius 3 is 2.46 bits per heavy atom. The molecule has 0 aromatic heterocycles. The second-order valence-electron chi connectivity index (χ2n) is 6.15. The average Bonchev–Trinajstić information content (AvgIpc) is 2.87. The summed E-state index contributed by atoms with van der Waals surface area (Å²) in [5, 5.41) is 2.60. The predicted molar refractivity (Wildman–Crippen MR) is 90.7 cm³/mol. The van der Waals surface area contributed by atoms with Crippen LogP contribution in [0.1, 0.15) is 19.8 Å². The number of carbonyl (C=O) groups excluding carboxylic acids is 1. The van der Waals surface area contributed by atoms with E-state index in [0.29, 0.717) is 18.7 Å². The number of halogens is 3. The highest BCUT2D eigenvalue weighted by Gasteiger charge is 2.33. The van der Waals surface area contributed by atoms with E-state index in [1.807, 2.05) is 11.8 Å². The average molecular weight is 394 g/mol. The van der Waals surface area contributed by atoms with Gasteiger partial charge >= 0.3 is 6.36 Å². The molecule has 1 aliphatic rings. The number of alkyl halides is 3. The number of amides is 1. The molecular weight excluding hydrogens is 373 g/mol. The van der Waals surface area contributed by atoms with Crippen molar-refractivity contribution in [3.05, 3.63) is 24.3 Å². The highest BCUT2D eigenvalue weighted by molar-refractivity contribution is 7.91. The summed E-state index contributed by atoms with van der Waals surface area (Å²) in [4.78, 5) is 14.1. The number of hydrogen-bond acceptors (Lipinski definition) is 5. The molecule has 1 fully saturated rings. The van der Waals surface area contributed by atoms with Gasteiger partial charge in [-0.05, 0) is 43.7 Å². The lowest BCUT2D eigenvalue weighted by Gasteiger charge is -2.26. The van der Waals surface area contributed by atoms with Crippen molar-refractivity contribution in [2.24, 2.45) is 0 Å². The number of nitrogens with one attached hydrogen (secondary N) is 1. The summed E-state index contributed by atoms with van der Waals surface area (Å²) >= 11 is 0. The molecule has 0 aliphatic carbocycles. The van der Waals surface area contributed by atoms with Gasteiger partial charge in [0.25, 0.3) is 0 Å². The molecule has 1 atom stereocenters. The summed E-state index contributed by atoms with van der Waals surface area (Å²) in [6, 6.07) is 4.65. The minimum atomic E-state index is -4.77. The van der Waals surface area contributed by atoms with Crippen LogP contribution in [0.15, 0.2) is 24.3 Å². The molecule has 0 radical (unpaired) electrons. The lowest BCUT2D eigenvalue weighted by Crippen LogP contribution is -2.42. The van der Waals surface area contributed by atoms with Gasteiger partial charge < -0.3 is 10.1 Å². The molecule has 1 saturated heterocycles. The molecule has 1 amide bonds. The number of benzene rings is 1. The second kappa shape index (κ2) is 8.26. The quantitative estimate of drug-likeness (QED) is 0.769. The van der Waals surface area contributed by atoms with E-state index < -0.39 is 16.2 Å². The first-order chi connectivity index (χ1) is 12.1. The molecule has 0 bridgehead atoms. The molecule has 1 aromatic rings. The maximum Gasteiger partial charge on any atom is 0.573 e. The van der Waals surface area contributed by atoms with Crippen molar-refractivity contribution in [3.63, 3.8) is 0 Å². The first-order valence-electron chi connectivity index (χ1n) is 8.18. The molecule has 1 unspecified atom stereocenters. The molecule has 0 saturated carbocycles. The first-order valence-corrected chi connectivity index (χ1v) is 10.0. The normalized spacial score (nSPS) is 19.5. The maximum absolute atomic E-state index is 12.2. The first kappa shape index (κ1) is 20.5. The van der Waals surface area contributed by atoms with Crippen LogP contribution in [0.3, 0.4) is 0 Å². The lowest BCUT2D eigenvalue weighted by atomic mass is 10.2. The Morgan fingerprint density at radius 2 is 1.96 bits per heavy atom. The number of nitrogens with zero attached hydrogens (tertiary/aromatic N) is 1. The van der Waals surface area contributed by atoms with Crippen molar-refractivity contribution >= 4 is 21.4 Å². The van der Waals surface area contributed by atoms with E-state index in [0.717, 1.165) is 18.6 Å². The van der Waals surface area contributed by atoms with Gasteiger partial charge in [0.05, 0.1) is 18.1 Å². The van der Waals surface area contributed by atoms with Crippen LogP contribution in [0.4, 0.5) is 18.9 Å². The number of ether oxygens (including phenoxy) is 1. The lowest BCUT2D eigenvalue weighted by molar-refractivity contribution is -0.274. The Labute approximate surface area is 150 Å². The zero-order valence-electron chi connectivity index (χ0n) is 14.3. The van der Waals surface area contributed by atoms with Crippen LogP contribution < -0.4 is 10.1 Å². The zero-order chi connectivity index (χ0) is 19.4. The van der Waals surface area contributed by atoms with Gasteiger partial charge in [0.1, 0.15) is 5.75 Å². The standard InChI is InChI=1S/C16H21F3N2O4S/c1-2-8-21(13-7-9-26(23,24)11-13)10-15(22)20-12-3-5-14(6-4-12)25-16(17,18)19/h3-6,13H,2,7-11H2,1H3,(H,20,22). The number of hydrogen-bond donors (Lipinski definition) is 1. The van der Waals surface area contributed by atoms with E-state index in [9.17, 15) is 26.4 Å². The summed E-state index contributed by atoms with van der Waals surface area (Å²) in [7, 11) is -3.05. The fourth-order valence-corrected chi connectivity index (χ4v) is 4.63. The van der Waals surface area contributed by atoms with Crippen LogP contribution in [-0.2, 0) is 14.6 Å². The van der Waals surface area contributed by atoms with E-state index in [1.54, 1.807) is 0 Å². The largest absolute Gasteiger partial charge is 0.573 e. The van der Waals surface area contributed by atoms with E-state index in [1.165, 1.54) is 12.1 Å². The fraction of sp³-hybridized carbons (Fsp3) is 0.562. The van der Waals surface area contributed by atoms with E-state index in [-0.39, 0.29) is 35.7 Å². The fourth-order valence-electron chi connectivity index (χ4n) is 2.87. The van der Waals surface area contributed by atoms with Gasteiger partial charge in [-0.15, -0.1) is 13.2 Å². The molecule has 0 spiro atoms. The molecular formula is C16H21F3N2O4S. The summed E-state index contributed by atoms with van der Waals surface area (Å²) in [6.07, 6.45) is -3.50. The third-order valence-electron chi connectivity index (χ3n) is 3.95. The van der Waals surface area contributed by atoms with Crippen molar-refractivity contribution < 1.29 is 31.1 Å². The third-order valence-corrected chi connectivity index (χ3v) is 5.70. The maximum atomic E-state index is 12.2. The van der Waals surface area contributed by atoms with Gasteiger partial charge in [-0.3, -0.25) is 9.69 Å². The van der Waals surface area contributed by atoms with Crippen molar-refractivity contribution in [3.8, 4) is 5.75 Å². The van der Waals surface area contributed by atoms with Gasteiger partial charge in [0, 0.05) is 11.7 Å². The van der Waals surface area contributed by atoms with Crippen LogP contribution >= 0.6 is 0 Å². The van der Waals surface area contributed by atoms with Gasteiger partial charge in [0.2, 0.25) is 5.91 Å². The minimum Gasteiger partial charge on any atom is -0.406 e. The van der Waals surface area contributed by atoms with Crippen molar-refractivity contribution in [2.75, 3.05) is 29.9 Å². The monoisotopic (exact) mass is 394 g/mol. The second-order valence-corrected chi connectivity index (χ2v) is 8.38. The Kier molecular flexibility index (Phi) is 6.51. The number of rotatable bonds is 7. The number of carbonyl (C=O) groups is 1. The van der Waals surface area contributed by atoms with Crippen LogP contribution in [0.5, 0.6) is 5.75 Å². The third kappa shape index (κ3) is 6.49. The molecule has 1 aliphatic heterocycles. The summed E-state index contributed by atoms with van der Waals surface area (Å²) in [6.45, 7) is 2.55. The molecule has 2 rings (SSSR count). The number of anilines is 1. The highest BCUT2D eigenvalue weighted by Crippen LogP contribution is 2.24. The molecule has 1 N–H and O–H groups in total. The molecule has 1 aromatic carbocycles. The van der Waals surface area contributed by atoms with Crippen LogP contribution in [0.25, 0.3) is 0 Å². The van der Waals surface area contributed by atoms with E-state index >= 15 is 0 Å². The van der Waals surface area contributed by atoms with Crippen molar-refractivity contribution in [2.45, 2.75) is 32.2 Å². The Hall–Kier alpha value is -1.81. The molecule has 10 heteroatoms. The Balaban J connectivity index is 1.93. The Bertz CT molecular complexity index is 720. The van der Waals surface area contributed by atoms with Crippen LogP contribution in [0.2, 0.25) is 0 Å². The smallest absolute Gasteiger partial charge is 0.406 e. The molecule has 6 nitrogen and oxygen atoms in total. The van der Waals surface area contributed by atoms with Gasteiger partial charge in [-0.25, -0.2) is 8.42 Å². The molecule has 26 heavy (non-hydrogen) atoms. The summed E-state index contributed by atoms with van der Waals surface area (Å²) in [5.41, 5.74) is 0.333. The van der Waals surface area contributed by atoms with Crippen LogP contribution in [0, 0.1) is 0 Å². The zero-order valence-corrected chi connectivity index (χ0v) is 15.1. The summed E-state index contributed by atoms with van der Waals surface area (Å²) < 4.78 is 63.4.